The molecular formula is C15H15ClPu-4. The number of rotatable bonds is 0. The van der Waals surface area contributed by atoms with Crippen molar-refractivity contribution >= 4 is 0 Å². The van der Waals surface area contributed by atoms with Gasteiger partial charge in [-0.05, 0) is 0 Å². The third kappa shape index (κ3) is 13.3. The summed E-state index contributed by atoms with van der Waals surface area (Å²) in [4.78, 5) is 0. The van der Waals surface area contributed by atoms with Gasteiger partial charge in [-0.3, -0.25) is 0 Å². The number of hydrogen-bond acceptors (Lipinski definition) is 0. The molecule has 3 aromatic carbocycles. The SMILES string of the molecule is [Cl-].[Pu].c1cc[cH-]c1.c1cc[cH-]c1.c1cc[cH-]c1. The molecule has 0 atom stereocenters. The number of halogens is 1. The Labute approximate surface area is 132 Å². The van der Waals surface area contributed by atoms with Crippen LogP contribution in [0.5, 0.6) is 0 Å². The standard InChI is InChI=1S/3C5H5.ClH.Pu/c3*1-2-4-5-3-1;;/h3*1-5H;1H;/q3*-1;;/p-1. The van der Waals surface area contributed by atoms with Gasteiger partial charge in [-0.2, -0.15) is 54.6 Å². The topological polar surface area (TPSA) is 0 Å². The molecule has 0 aliphatic heterocycles. The molecule has 92 valence electrons. The van der Waals surface area contributed by atoms with Crippen LogP contribution in [-0.4, -0.2) is 0 Å². The first-order valence-corrected chi connectivity index (χ1v) is 5.00. The molecule has 0 radical (unpaired) electrons. The largest absolute Gasteiger partial charge is 1.00 e. The third-order valence-electron chi connectivity index (χ3n) is 1.67. The Morgan fingerprint density at radius 1 is 0.412 bits per heavy atom. The molecule has 0 amide bonds. The smallest absolute Gasteiger partial charge is 0 e. The van der Waals surface area contributed by atoms with E-state index in [1.807, 2.05) is 91.0 Å². The zero-order valence-corrected chi connectivity index (χ0v) is 13.6. The van der Waals surface area contributed by atoms with Crippen LogP contribution < -0.4 is 12.4 Å². The average molecular weight is 475 g/mol. The molecule has 3 rings (SSSR count). The summed E-state index contributed by atoms with van der Waals surface area (Å²) in [6.45, 7) is 0. The Morgan fingerprint density at radius 2 is 0.588 bits per heavy atom. The Bertz CT molecular complexity index is 243. The fourth-order valence-electron chi connectivity index (χ4n) is 0.962. The minimum atomic E-state index is 0. The van der Waals surface area contributed by atoms with Crippen LogP contribution in [-0.2, 0) is 0 Å². The van der Waals surface area contributed by atoms with E-state index in [1.165, 1.54) is 0 Å². The van der Waals surface area contributed by atoms with Crippen molar-refractivity contribution in [1.29, 1.82) is 0 Å². The summed E-state index contributed by atoms with van der Waals surface area (Å²) in [6.07, 6.45) is 0. The van der Waals surface area contributed by atoms with Crippen LogP contribution in [0.2, 0.25) is 0 Å². The van der Waals surface area contributed by atoms with Gasteiger partial charge in [0.2, 0.25) is 0 Å². The van der Waals surface area contributed by atoms with Gasteiger partial charge in [-0.15, -0.1) is 0 Å². The van der Waals surface area contributed by atoms with E-state index in [0.717, 1.165) is 0 Å². The monoisotopic (exact) mass is 468 g/mol. The van der Waals surface area contributed by atoms with Gasteiger partial charge in [-0.25, -0.2) is 36.4 Å². The van der Waals surface area contributed by atoms with Gasteiger partial charge < -0.3 is 12.4 Å². The summed E-state index contributed by atoms with van der Waals surface area (Å²) in [5, 5.41) is 0. The molecule has 0 bridgehead atoms. The maximum atomic E-state index is 2.00. The predicted octanol–water partition coefficient (Wildman–Crippen LogP) is 1.22. The van der Waals surface area contributed by atoms with Gasteiger partial charge in [-0.1, -0.05) is 0 Å². The second kappa shape index (κ2) is 15.3. The van der Waals surface area contributed by atoms with Crippen LogP contribution in [0.1, 0.15) is 0 Å². The van der Waals surface area contributed by atoms with Gasteiger partial charge in [0.1, 0.15) is 0 Å². The molecule has 0 nitrogen and oxygen atoms in total. The van der Waals surface area contributed by atoms with E-state index in [9.17, 15) is 0 Å². The van der Waals surface area contributed by atoms with Crippen LogP contribution >= 0.6 is 0 Å². The molecule has 3 aromatic rings. The normalized spacial score (nSPS) is 7.06. The molecular weight excluding hydrogens is 460 g/mol. The van der Waals surface area contributed by atoms with Crippen molar-refractivity contribution in [3.63, 3.8) is 0 Å². The Hall–Kier alpha value is -0.673. The quantitative estimate of drug-likeness (QED) is 0.430. The van der Waals surface area contributed by atoms with Gasteiger partial charge in [0.15, 0.2) is 0 Å². The average Bonchev–Trinajstić information content (AvgIpc) is 3.09. The minimum Gasteiger partial charge on any atom is -1.00 e. The van der Waals surface area contributed by atoms with Crippen LogP contribution in [0.3, 0.4) is 0 Å². The Kier molecular flexibility index (Phi) is 16.8. The predicted molar refractivity (Wildman–Crippen MR) is 66.1 cm³/mol. The summed E-state index contributed by atoms with van der Waals surface area (Å²) in [7, 11) is 0. The van der Waals surface area contributed by atoms with Crippen molar-refractivity contribution in [2.24, 2.45) is 0 Å². The summed E-state index contributed by atoms with van der Waals surface area (Å²) < 4.78 is 0. The summed E-state index contributed by atoms with van der Waals surface area (Å²) in [6, 6.07) is 30.0. The molecule has 0 unspecified atom stereocenters. The molecule has 0 aromatic heterocycles. The van der Waals surface area contributed by atoms with E-state index in [0.29, 0.717) is 0 Å². The minimum absolute atomic E-state index is 0. The van der Waals surface area contributed by atoms with Crippen molar-refractivity contribution in [3.05, 3.63) is 91.0 Å². The number of hydrogen-bond donors (Lipinski definition) is 0. The Balaban J connectivity index is 0. The zero-order valence-electron chi connectivity index (χ0n) is 9.45. The fraction of sp³-hybridized carbons (Fsp3) is 0. The molecule has 0 saturated heterocycles. The van der Waals surface area contributed by atoms with Gasteiger partial charge in [0.05, 0.1) is 0 Å². The van der Waals surface area contributed by atoms with Crippen molar-refractivity contribution < 1.29 is 41.6 Å². The van der Waals surface area contributed by atoms with Gasteiger partial charge >= 0.3 is 0 Å². The van der Waals surface area contributed by atoms with Crippen molar-refractivity contribution in [2.45, 2.75) is 0 Å². The maximum absolute atomic E-state index is 2.00. The van der Waals surface area contributed by atoms with E-state index in [-0.39, 0.29) is 41.6 Å². The van der Waals surface area contributed by atoms with E-state index in [4.69, 9.17) is 0 Å². The van der Waals surface area contributed by atoms with E-state index < -0.39 is 0 Å². The summed E-state index contributed by atoms with van der Waals surface area (Å²) >= 11 is 0. The summed E-state index contributed by atoms with van der Waals surface area (Å²) in [5.74, 6) is 0. The molecule has 0 aliphatic carbocycles. The second-order valence-corrected chi connectivity index (χ2v) is 2.89. The van der Waals surface area contributed by atoms with E-state index in [2.05, 4.69) is 0 Å². The molecule has 0 fully saturated rings. The first-order valence-electron chi connectivity index (χ1n) is 5.00. The first-order chi connectivity index (χ1) is 7.50. The van der Waals surface area contributed by atoms with Crippen molar-refractivity contribution in [3.8, 4) is 0 Å². The van der Waals surface area contributed by atoms with Crippen LogP contribution in [0.4, 0.5) is 0 Å². The van der Waals surface area contributed by atoms with Crippen LogP contribution in [0.15, 0.2) is 91.0 Å². The molecule has 0 N–H and O–H groups in total. The molecule has 0 spiro atoms. The first kappa shape index (κ1) is 18.7. The van der Waals surface area contributed by atoms with Crippen molar-refractivity contribution in [2.75, 3.05) is 0 Å². The zero-order chi connectivity index (χ0) is 10.6. The second-order valence-electron chi connectivity index (χ2n) is 2.89. The molecule has 0 saturated carbocycles. The van der Waals surface area contributed by atoms with E-state index >= 15 is 0 Å². The Morgan fingerprint density at radius 3 is 0.647 bits per heavy atom. The fourth-order valence-corrected chi connectivity index (χ4v) is 0.962. The van der Waals surface area contributed by atoms with Crippen LogP contribution in [0.25, 0.3) is 0 Å². The van der Waals surface area contributed by atoms with E-state index in [1.54, 1.807) is 0 Å². The van der Waals surface area contributed by atoms with Crippen LogP contribution in [0, 0.1) is 29.2 Å². The molecule has 0 aliphatic rings. The molecule has 2 heteroatoms. The van der Waals surface area contributed by atoms with Gasteiger partial charge in [0, 0.05) is 29.2 Å². The molecule has 0 heterocycles. The van der Waals surface area contributed by atoms with Gasteiger partial charge in [0.25, 0.3) is 0 Å². The summed E-state index contributed by atoms with van der Waals surface area (Å²) in [5.41, 5.74) is 0. The maximum Gasteiger partial charge on any atom is 0 e. The third-order valence-corrected chi connectivity index (χ3v) is 1.67. The van der Waals surface area contributed by atoms with Crippen molar-refractivity contribution in [1.82, 2.24) is 0 Å². The molecule has 17 heavy (non-hydrogen) atoms.